The van der Waals surface area contributed by atoms with Crippen LogP contribution in [0.5, 0.6) is 0 Å². The highest BCUT2D eigenvalue weighted by Gasteiger charge is 1.88. The fraction of sp³-hybridized carbons (Fsp3) is 0.143. The van der Waals surface area contributed by atoms with Crippen molar-refractivity contribution in [3.05, 3.63) is 34.7 Å². The zero-order valence-electron chi connectivity index (χ0n) is 6.84. The second-order valence-electron chi connectivity index (χ2n) is 2.13. The van der Waals surface area contributed by atoms with Crippen LogP contribution in [0.4, 0.5) is 0 Å². The molecular weight excluding hydrogens is 194 g/mol. The van der Waals surface area contributed by atoms with Crippen LogP contribution in [-0.4, -0.2) is 14.0 Å². The standard InChI is InChI=1S/C7H8O2S.HNO2/c1-6-2-4-7(5-3-6)10(8)9;2-1-3/h2-5H,1H3,(H,8,9);(H,2,3)/p-1. The van der Waals surface area contributed by atoms with Crippen LogP contribution in [0, 0.1) is 11.8 Å². The van der Waals surface area contributed by atoms with E-state index in [1.807, 2.05) is 6.92 Å². The van der Waals surface area contributed by atoms with E-state index in [2.05, 4.69) is 0 Å². The Bertz CT molecular complexity index is 285. The Labute approximate surface area is 77.6 Å². The summed E-state index contributed by atoms with van der Waals surface area (Å²) in [5, 5.41) is 7.89. The van der Waals surface area contributed by atoms with E-state index in [0.717, 1.165) is 5.56 Å². The van der Waals surface area contributed by atoms with Gasteiger partial charge in [0.25, 0.3) is 0 Å². The molecule has 0 aliphatic heterocycles. The first kappa shape index (κ1) is 11.7. The summed E-state index contributed by atoms with van der Waals surface area (Å²) in [5.74, 6) is 0. The lowest BCUT2D eigenvalue weighted by molar-refractivity contribution is 0.312. The highest BCUT2D eigenvalue weighted by Crippen LogP contribution is 2.05. The van der Waals surface area contributed by atoms with Gasteiger partial charge in [-0.05, 0) is 30.1 Å². The Balaban J connectivity index is 0.000000424. The minimum absolute atomic E-state index is 0.339. The maximum Gasteiger partial charge on any atom is 0.152 e. The normalized spacial score (nSPS) is 10.9. The molecule has 0 heterocycles. The first-order valence-electron chi connectivity index (χ1n) is 3.24. The third kappa shape index (κ3) is 5.05. The van der Waals surface area contributed by atoms with Gasteiger partial charge in [-0.25, -0.2) is 0 Å². The Morgan fingerprint density at radius 3 is 2.08 bits per heavy atom. The van der Waals surface area contributed by atoms with Crippen LogP contribution < -0.4 is 0 Å². The quantitative estimate of drug-likeness (QED) is 0.423. The monoisotopic (exact) mass is 202 g/mol. The summed E-state index contributed by atoms with van der Waals surface area (Å²) in [5.41, 5.74) is 1.06. The van der Waals surface area contributed by atoms with Crippen molar-refractivity contribution >= 4 is 11.1 Å². The molecule has 0 aliphatic carbocycles. The van der Waals surface area contributed by atoms with Gasteiger partial charge in [0.15, 0.2) is 5.34 Å². The molecule has 0 aliphatic rings. The number of aryl methyl sites for hydroxylation is 1. The summed E-state index contributed by atoms with van der Waals surface area (Å²) in [6.07, 6.45) is 0. The summed E-state index contributed by atoms with van der Waals surface area (Å²) < 4.78 is 20.6. The van der Waals surface area contributed by atoms with Crippen molar-refractivity contribution in [1.29, 1.82) is 0 Å². The lowest BCUT2D eigenvalue weighted by atomic mass is 10.2. The number of nitrogens with zero attached hydrogens (tertiary/aromatic N) is 1. The molecule has 72 valence electrons. The van der Waals surface area contributed by atoms with E-state index in [4.69, 9.17) is 10.1 Å². The van der Waals surface area contributed by atoms with Gasteiger partial charge in [0.2, 0.25) is 0 Å². The molecule has 1 aromatic carbocycles. The predicted octanol–water partition coefficient (Wildman–Crippen LogP) is 1.38. The van der Waals surface area contributed by atoms with Crippen LogP contribution in [-0.2, 0) is 11.1 Å². The summed E-state index contributed by atoms with van der Waals surface area (Å²) in [6, 6.07) is 6.70. The molecule has 1 rings (SSSR count). The average molecular weight is 202 g/mol. The van der Waals surface area contributed by atoms with E-state index < -0.39 is 11.1 Å². The zero-order chi connectivity index (χ0) is 10.3. The Morgan fingerprint density at radius 1 is 1.38 bits per heavy atom. The van der Waals surface area contributed by atoms with E-state index in [1.54, 1.807) is 24.3 Å². The minimum Gasteiger partial charge on any atom is -0.768 e. The Hall–Kier alpha value is -1.27. The van der Waals surface area contributed by atoms with Crippen LogP contribution in [0.3, 0.4) is 0 Å². The first-order chi connectivity index (χ1) is 6.11. The number of rotatable bonds is 1. The first-order valence-corrected chi connectivity index (χ1v) is 4.32. The van der Waals surface area contributed by atoms with Gasteiger partial charge in [-0.1, -0.05) is 17.7 Å². The lowest BCUT2D eigenvalue weighted by Gasteiger charge is -2.03. The highest BCUT2D eigenvalue weighted by atomic mass is 32.2. The predicted molar refractivity (Wildman–Crippen MR) is 45.9 cm³/mol. The van der Waals surface area contributed by atoms with E-state index >= 15 is 0 Å². The molecule has 1 aromatic rings. The SMILES string of the molecule is Cc1ccc(S(=O)[O-])cc1.O=NO. The summed E-state index contributed by atoms with van der Waals surface area (Å²) in [6.45, 7) is 1.91. The van der Waals surface area contributed by atoms with Crippen LogP contribution in [0.1, 0.15) is 5.56 Å². The van der Waals surface area contributed by atoms with Gasteiger partial charge in [0, 0.05) is 4.90 Å². The van der Waals surface area contributed by atoms with Crippen LogP contribution in [0.15, 0.2) is 34.5 Å². The van der Waals surface area contributed by atoms with Crippen molar-refractivity contribution in [1.82, 2.24) is 0 Å². The second kappa shape index (κ2) is 6.27. The molecule has 0 amide bonds. The van der Waals surface area contributed by atoms with Crippen LogP contribution in [0.25, 0.3) is 0 Å². The largest absolute Gasteiger partial charge is 0.768 e. The molecule has 0 saturated heterocycles. The molecule has 13 heavy (non-hydrogen) atoms. The van der Waals surface area contributed by atoms with E-state index in [0.29, 0.717) is 4.90 Å². The fourth-order valence-corrected chi connectivity index (χ4v) is 1.01. The van der Waals surface area contributed by atoms with Crippen molar-refractivity contribution < 1.29 is 14.0 Å². The Morgan fingerprint density at radius 2 is 1.77 bits per heavy atom. The molecule has 1 atom stereocenters. The van der Waals surface area contributed by atoms with E-state index in [-0.39, 0.29) is 0 Å². The third-order valence-corrected chi connectivity index (χ3v) is 1.87. The summed E-state index contributed by atoms with van der Waals surface area (Å²) in [7, 11) is 0. The molecule has 0 bridgehead atoms. The number of hydrogen-bond donors (Lipinski definition) is 1. The molecule has 0 spiro atoms. The fourth-order valence-electron chi connectivity index (χ4n) is 0.649. The van der Waals surface area contributed by atoms with Crippen molar-refractivity contribution in [2.45, 2.75) is 11.8 Å². The molecule has 1 N–H and O–H groups in total. The maximum atomic E-state index is 10.3. The summed E-state index contributed by atoms with van der Waals surface area (Å²) in [4.78, 5) is 8.45. The van der Waals surface area contributed by atoms with Crippen molar-refractivity contribution in [3.63, 3.8) is 0 Å². The molecular formula is C7H8NO4S-. The topological polar surface area (TPSA) is 89.8 Å². The molecule has 0 saturated carbocycles. The second-order valence-corrected chi connectivity index (χ2v) is 3.07. The molecule has 5 nitrogen and oxygen atoms in total. The molecule has 6 heteroatoms. The van der Waals surface area contributed by atoms with Gasteiger partial charge in [0.05, 0.1) is 0 Å². The summed E-state index contributed by atoms with van der Waals surface area (Å²) >= 11 is -2.09. The molecule has 0 radical (unpaired) electrons. The van der Waals surface area contributed by atoms with Crippen LogP contribution in [0.2, 0.25) is 0 Å². The van der Waals surface area contributed by atoms with Gasteiger partial charge in [0.1, 0.15) is 0 Å². The number of benzene rings is 1. The maximum absolute atomic E-state index is 10.3. The lowest BCUT2D eigenvalue weighted by Crippen LogP contribution is -1.87. The smallest absolute Gasteiger partial charge is 0.152 e. The van der Waals surface area contributed by atoms with Gasteiger partial charge in [-0.3, -0.25) is 4.21 Å². The van der Waals surface area contributed by atoms with E-state index in [1.165, 1.54) is 5.34 Å². The zero-order valence-corrected chi connectivity index (χ0v) is 7.65. The van der Waals surface area contributed by atoms with Gasteiger partial charge >= 0.3 is 0 Å². The minimum atomic E-state index is -2.09. The molecule has 0 fully saturated rings. The van der Waals surface area contributed by atoms with Crippen molar-refractivity contribution in [2.24, 2.45) is 5.34 Å². The molecule has 1 unspecified atom stereocenters. The van der Waals surface area contributed by atoms with Gasteiger partial charge < -0.3 is 9.76 Å². The average Bonchev–Trinajstić information content (AvgIpc) is 2.06. The van der Waals surface area contributed by atoms with Crippen molar-refractivity contribution in [2.75, 3.05) is 0 Å². The highest BCUT2D eigenvalue weighted by molar-refractivity contribution is 7.79. The third-order valence-electron chi connectivity index (χ3n) is 1.21. The number of hydrogen-bond acceptors (Lipinski definition) is 4. The van der Waals surface area contributed by atoms with Gasteiger partial charge in [-0.15, -0.1) is 4.91 Å². The Kier molecular flexibility index (Phi) is 5.66. The van der Waals surface area contributed by atoms with Crippen LogP contribution >= 0.6 is 0 Å². The van der Waals surface area contributed by atoms with Gasteiger partial charge in [-0.2, -0.15) is 0 Å². The van der Waals surface area contributed by atoms with E-state index in [9.17, 15) is 8.76 Å². The molecule has 0 aromatic heterocycles. The van der Waals surface area contributed by atoms with Crippen molar-refractivity contribution in [3.8, 4) is 0 Å².